The first-order valence-electron chi connectivity index (χ1n) is 4.68. The van der Waals surface area contributed by atoms with Gasteiger partial charge in [-0.3, -0.25) is 4.79 Å². The van der Waals surface area contributed by atoms with Crippen molar-refractivity contribution in [3.05, 3.63) is 24.3 Å². The van der Waals surface area contributed by atoms with Crippen LogP contribution in [0.3, 0.4) is 0 Å². The summed E-state index contributed by atoms with van der Waals surface area (Å²) in [6, 6.07) is 7.84. The minimum Gasteiger partial charge on any atom is -0.496 e. The molecule has 1 aromatic carbocycles. The van der Waals surface area contributed by atoms with Crippen LogP contribution in [0, 0.1) is 0 Å². The van der Waals surface area contributed by atoms with Gasteiger partial charge in [-0.2, -0.15) is 0 Å². The van der Waals surface area contributed by atoms with Crippen molar-refractivity contribution in [2.75, 3.05) is 12.9 Å². The van der Waals surface area contributed by atoms with Crippen LogP contribution in [0.1, 0.15) is 12.8 Å². The first-order valence-corrected chi connectivity index (χ1v) is 6.04. The van der Waals surface area contributed by atoms with E-state index in [-0.39, 0.29) is 5.24 Å². The van der Waals surface area contributed by atoms with Crippen LogP contribution in [-0.2, 0) is 4.79 Å². The van der Waals surface area contributed by atoms with Crippen LogP contribution in [0.5, 0.6) is 5.75 Å². The van der Waals surface area contributed by atoms with Crippen LogP contribution in [0.4, 0.5) is 0 Å². The summed E-state index contributed by atoms with van der Waals surface area (Å²) < 4.78 is 5.21. The second-order valence-corrected chi connectivity index (χ2v) is 4.52. The molecule has 0 aliphatic rings. The lowest BCUT2D eigenvalue weighted by atomic mass is 10.3. The molecule has 0 aromatic heterocycles. The molecule has 4 heteroatoms. The summed E-state index contributed by atoms with van der Waals surface area (Å²) in [5.74, 6) is 1.75. The zero-order valence-corrected chi connectivity index (χ0v) is 10.1. The highest BCUT2D eigenvalue weighted by atomic mass is 35.5. The van der Waals surface area contributed by atoms with E-state index in [1.807, 2.05) is 24.3 Å². The fourth-order valence-corrected chi connectivity index (χ4v) is 2.24. The number of carbonyl (C=O) groups is 1. The molecule has 0 radical (unpaired) electrons. The van der Waals surface area contributed by atoms with Gasteiger partial charge in [0, 0.05) is 11.3 Å². The molecule has 0 saturated carbocycles. The predicted molar refractivity (Wildman–Crippen MR) is 63.8 cm³/mol. The third-order valence-electron chi connectivity index (χ3n) is 1.84. The molecule has 0 aliphatic carbocycles. The molecule has 15 heavy (non-hydrogen) atoms. The van der Waals surface area contributed by atoms with Gasteiger partial charge >= 0.3 is 0 Å². The quantitative estimate of drug-likeness (QED) is 0.436. The normalized spacial score (nSPS) is 10.0. The number of benzene rings is 1. The summed E-state index contributed by atoms with van der Waals surface area (Å²) in [6.45, 7) is 0. The largest absolute Gasteiger partial charge is 0.496 e. The standard InChI is InChI=1S/C11H13ClO2S/c1-14-9-5-2-3-6-10(9)15-8-4-7-11(12)13/h2-3,5-6H,4,7-8H2,1H3. The predicted octanol–water partition coefficient (Wildman–Crippen LogP) is 3.33. The number of para-hydroxylation sites is 1. The maximum atomic E-state index is 10.5. The number of ether oxygens (including phenoxy) is 1. The monoisotopic (exact) mass is 244 g/mol. The van der Waals surface area contributed by atoms with E-state index < -0.39 is 0 Å². The number of hydrogen-bond donors (Lipinski definition) is 0. The lowest BCUT2D eigenvalue weighted by Gasteiger charge is -2.06. The number of hydrogen-bond acceptors (Lipinski definition) is 3. The molecular formula is C11H13ClO2S. The maximum absolute atomic E-state index is 10.5. The van der Waals surface area contributed by atoms with Gasteiger partial charge < -0.3 is 4.74 Å². The average molecular weight is 245 g/mol. The van der Waals surface area contributed by atoms with E-state index in [2.05, 4.69) is 0 Å². The number of thioether (sulfide) groups is 1. The molecule has 0 unspecified atom stereocenters. The smallest absolute Gasteiger partial charge is 0.221 e. The van der Waals surface area contributed by atoms with Crippen LogP contribution in [0.15, 0.2) is 29.2 Å². The maximum Gasteiger partial charge on any atom is 0.221 e. The molecule has 1 rings (SSSR count). The van der Waals surface area contributed by atoms with Crippen LogP contribution in [-0.4, -0.2) is 18.1 Å². The average Bonchev–Trinajstić information content (AvgIpc) is 2.24. The van der Waals surface area contributed by atoms with E-state index >= 15 is 0 Å². The Balaban J connectivity index is 2.39. The lowest BCUT2D eigenvalue weighted by Crippen LogP contribution is -1.89. The van der Waals surface area contributed by atoms with E-state index in [1.165, 1.54) is 0 Å². The Hall–Kier alpha value is -0.670. The Bertz CT molecular complexity index is 328. The van der Waals surface area contributed by atoms with Gasteiger partial charge in [0.1, 0.15) is 5.75 Å². The SMILES string of the molecule is COc1ccccc1SCCCC(=O)Cl. The molecule has 0 atom stereocenters. The number of halogens is 1. The second-order valence-electron chi connectivity index (χ2n) is 2.96. The van der Waals surface area contributed by atoms with Crippen molar-refractivity contribution >= 4 is 28.6 Å². The van der Waals surface area contributed by atoms with E-state index in [9.17, 15) is 4.79 Å². The van der Waals surface area contributed by atoms with Gasteiger partial charge in [0.15, 0.2) is 0 Å². The summed E-state index contributed by atoms with van der Waals surface area (Å²) in [5.41, 5.74) is 0. The highest BCUT2D eigenvalue weighted by Crippen LogP contribution is 2.29. The molecule has 0 N–H and O–H groups in total. The van der Waals surface area contributed by atoms with Gasteiger partial charge in [-0.25, -0.2) is 0 Å². The van der Waals surface area contributed by atoms with Crippen molar-refractivity contribution in [2.45, 2.75) is 17.7 Å². The molecule has 0 aliphatic heterocycles. The van der Waals surface area contributed by atoms with Crippen molar-refractivity contribution < 1.29 is 9.53 Å². The van der Waals surface area contributed by atoms with Gasteiger partial charge in [-0.15, -0.1) is 11.8 Å². The van der Waals surface area contributed by atoms with Crippen molar-refractivity contribution in [3.63, 3.8) is 0 Å². The first-order chi connectivity index (χ1) is 7.24. The fraction of sp³-hybridized carbons (Fsp3) is 0.364. The second kappa shape index (κ2) is 6.75. The van der Waals surface area contributed by atoms with Gasteiger partial charge in [0.2, 0.25) is 5.24 Å². The topological polar surface area (TPSA) is 26.3 Å². The van der Waals surface area contributed by atoms with Crippen LogP contribution < -0.4 is 4.74 Å². The Morgan fingerprint density at radius 2 is 2.20 bits per heavy atom. The van der Waals surface area contributed by atoms with E-state index in [4.69, 9.17) is 16.3 Å². The molecule has 0 spiro atoms. The summed E-state index contributed by atoms with van der Waals surface area (Å²) in [5, 5.41) is -0.268. The van der Waals surface area contributed by atoms with Gasteiger partial charge in [-0.05, 0) is 35.9 Å². The summed E-state index contributed by atoms with van der Waals surface area (Å²) >= 11 is 6.92. The summed E-state index contributed by atoms with van der Waals surface area (Å²) in [7, 11) is 1.65. The van der Waals surface area contributed by atoms with Crippen LogP contribution >= 0.6 is 23.4 Å². The minimum atomic E-state index is -0.268. The molecular weight excluding hydrogens is 232 g/mol. The Kier molecular flexibility index (Phi) is 5.58. The Morgan fingerprint density at radius 3 is 2.87 bits per heavy atom. The summed E-state index contributed by atoms with van der Waals surface area (Å²) in [4.78, 5) is 11.6. The number of rotatable bonds is 6. The van der Waals surface area contributed by atoms with Crippen molar-refractivity contribution in [1.82, 2.24) is 0 Å². The van der Waals surface area contributed by atoms with Crippen molar-refractivity contribution in [3.8, 4) is 5.75 Å². The third-order valence-corrected chi connectivity index (χ3v) is 3.17. The summed E-state index contributed by atoms with van der Waals surface area (Å²) in [6.07, 6.45) is 1.23. The molecule has 1 aromatic rings. The number of methoxy groups -OCH3 is 1. The molecule has 0 heterocycles. The van der Waals surface area contributed by atoms with Gasteiger partial charge in [0.05, 0.1) is 7.11 Å². The molecule has 0 saturated heterocycles. The zero-order chi connectivity index (χ0) is 11.1. The molecule has 82 valence electrons. The molecule has 0 bridgehead atoms. The molecule has 2 nitrogen and oxygen atoms in total. The van der Waals surface area contributed by atoms with Gasteiger partial charge in [-0.1, -0.05) is 12.1 Å². The van der Waals surface area contributed by atoms with Crippen molar-refractivity contribution in [1.29, 1.82) is 0 Å². The molecule has 0 fully saturated rings. The van der Waals surface area contributed by atoms with Crippen molar-refractivity contribution in [2.24, 2.45) is 0 Å². The Labute approximate surface area is 99.0 Å². The van der Waals surface area contributed by atoms with Crippen LogP contribution in [0.2, 0.25) is 0 Å². The Morgan fingerprint density at radius 1 is 1.47 bits per heavy atom. The van der Waals surface area contributed by atoms with Gasteiger partial charge in [0.25, 0.3) is 0 Å². The number of carbonyl (C=O) groups excluding carboxylic acids is 1. The third kappa shape index (κ3) is 4.58. The zero-order valence-electron chi connectivity index (χ0n) is 8.53. The lowest BCUT2D eigenvalue weighted by molar-refractivity contribution is -0.111. The first kappa shape index (κ1) is 12.4. The highest BCUT2D eigenvalue weighted by Gasteiger charge is 2.02. The highest BCUT2D eigenvalue weighted by molar-refractivity contribution is 7.99. The van der Waals surface area contributed by atoms with E-state index in [0.29, 0.717) is 6.42 Å². The molecule has 0 amide bonds. The van der Waals surface area contributed by atoms with E-state index in [1.54, 1.807) is 18.9 Å². The van der Waals surface area contributed by atoms with E-state index in [0.717, 1.165) is 22.8 Å². The van der Waals surface area contributed by atoms with Crippen LogP contribution in [0.25, 0.3) is 0 Å². The minimum absolute atomic E-state index is 0.268. The fourth-order valence-electron chi connectivity index (χ4n) is 1.13.